The molecule has 0 unspecified atom stereocenters. The van der Waals surface area contributed by atoms with Crippen molar-refractivity contribution in [3.05, 3.63) is 34.5 Å². The van der Waals surface area contributed by atoms with Crippen molar-refractivity contribution < 1.29 is 19.4 Å². The van der Waals surface area contributed by atoms with Gasteiger partial charge >= 0.3 is 5.97 Å². The number of thiophene rings is 1. The van der Waals surface area contributed by atoms with Gasteiger partial charge in [-0.2, -0.15) is 0 Å². The molecule has 0 aliphatic carbocycles. The van der Waals surface area contributed by atoms with Crippen molar-refractivity contribution in [3.63, 3.8) is 0 Å². The molecule has 1 aliphatic heterocycles. The maximum Gasteiger partial charge on any atom is 0.346 e. The zero-order chi connectivity index (χ0) is 13.2. The molecule has 0 fully saturated rings. The Morgan fingerprint density at radius 3 is 2.74 bits per heavy atom. The lowest BCUT2D eigenvalue weighted by molar-refractivity contribution is 0.0703. The maximum absolute atomic E-state index is 11.2. The highest BCUT2D eigenvalue weighted by atomic mass is 32.1. The Kier molecular flexibility index (Phi) is 3.13. The predicted octanol–water partition coefficient (Wildman–Crippen LogP) is 3.27. The van der Waals surface area contributed by atoms with Crippen LogP contribution in [0.5, 0.6) is 11.5 Å². The number of hydrogen-bond acceptors (Lipinski definition) is 4. The summed E-state index contributed by atoms with van der Waals surface area (Å²) in [4.78, 5) is 11.5. The molecule has 1 aliphatic rings. The Labute approximate surface area is 114 Å². The summed E-state index contributed by atoms with van der Waals surface area (Å²) in [6.45, 7) is 1.26. The minimum Gasteiger partial charge on any atom is -0.490 e. The zero-order valence-corrected chi connectivity index (χ0v) is 10.9. The fourth-order valence-electron chi connectivity index (χ4n) is 2.03. The first-order valence-electron chi connectivity index (χ1n) is 5.96. The molecule has 0 amide bonds. The summed E-state index contributed by atoms with van der Waals surface area (Å²) in [5.74, 6) is 0.489. The van der Waals surface area contributed by atoms with Crippen molar-refractivity contribution in [1.82, 2.24) is 0 Å². The third-order valence-corrected chi connectivity index (χ3v) is 3.82. The number of hydrogen-bond donors (Lipinski definition) is 1. The summed E-state index contributed by atoms with van der Waals surface area (Å²) in [6.07, 6.45) is 0.850. The minimum absolute atomic E-state index is 0.342. The molecule has 2 aromatic rings. The van der Waals surface area contributed by atoms with E-state index in [0.717, 1.165) is 12.0 Å². The molecule has 98 valence electrons. The summed E-state index contributed by atoms with van der Waals surface area (Å²) in [7, 11) is 0. The molecule has 0 atom stereocenters. The summed E-state index contributed by atoms with van der Waals surface area (Å²) in [5, 5.41) is 10.9. The molecule has 0 saturated carbocycles. The van der Waals surface area contributed by atoms with Crippen LogP contribution in [-0.2, 0) is 0 Å². The molecular formula is C14H12O4S. The van der Waals surface area contributed by atoms with Crippen LogP contribution in [-0.4, -0.2) is 24.3 Å². The quantitative estimate of drug-likeness (QED) is 0.914. The third-order valence-electron chi connectivity index (χ3n) is 2.92. The Balaban J connectivity index is 2.04. The Hall–Kier alpha value is -2.01. The van der Waals surface area contributed by atoms with Gasteiger partial charge in [-0.1, -0.05) is 6.07 Å². The van der Waals surface area contributed by atoms with Crippen molar-refractivity contribution in [1.29, 1.82) is 0 Å². The van der Waals surface area contributed by atoms with Crippen LogP contribution in [0.1, 0.15) is 16.1 Å². The fraction of sp³-hybridized carbons (Fsp3) is 0.214. The van der Waals surface area contributed by atoms with Gasteiger partial charge in [-0.3, -0.25) is 0 Å². The van der Waals surface area contributed by atoms with Gasteiger partial charge in [0.1, 0.15) is 4.88 Å². The predicted molar refractivity (Wildman–Crippen MR) is 72.3 cm³/mol. The molecule has 2 heterocycles. The number of ether oxygens (including phenoxy) is 2. The molecule has 0 saturated heterocycles. The number of fused-ring (bicyclic) bond motifs is 1. The van der Waals surface area contributed by atoms with E-state index in [2.05, 4.69) is 0 Å². The van der Waals surface area contributed by atoms with Gasteiger partial charge < -0.3 is 14.6 Å². The first kappa shape index (κ1) is 12.0. The van der Waals surface area contributed by atoms with Crippen LogP contribution in [0.4, 0.5) is 0 Å². The molecule has 0 spiro atoms. The van der Waals surface area contributed by atoms with Crippen LogP contribution in [0.25, 0.3) is 11.1 Å². The third kappa shape index (κ3) is 2.29. The Morgan fingerprint density at radius 1 is 1.16 bits per heavy atom. The van der Waals surface area contributed by atoms with Gasteiger partial charge in [0.25, 0.3) is 0 Å². The van der Waals surface area contributed by atoms with E-state index < -0.39 is 5.97 Å². The number of rotatable bonds is 2. The standard InChI is InChI=1S/C14H12O4S/c15-14(16)13-10(4-7-19-13)9-2-3-11-12(8-9)18-6-1-5-17-11/h2-4,7-8H,1,5-6H2,(H,15,16). The van der Waals surface area contributed by atoms with E-state index in [-0.39, 0.29) is 0 Å². The Bertz CT molecular complexity index is 618. The first-order chi connectivity index (χ1) is 9.25. The zero-order valence-electron chi connectivity index (χ0n) is 10.1. The molecule has 0 radical (unpaired) electrons. The lowest BCUT2D eigenvalue weighted by atomic mass is 10.1. The molecule has 1 aromatic heterocycles. The second kappa shape index (κ2) is 4.93. The van der Waals surface area contributed by atoms with E-state index in [1.54, 1.807) is 5.38 Å². The van der Waals surface area contributed by atoms with Gasteiger partial charge in [-0.25, -0.2) is 4.79 Å². The smallest absolute Gasteiger partial charge is 0.346 e. The van der Waals surface area contributed by atoms with Crippen LogP contribution in [0.2, 0.25) is 0 Å². The molecule has 19 heavy (non-hydrogen) atoms. The van der Waals surface area contributed by atoms with E-state index >= 15 is 0 Å². The SMILES string of the molecule is O=C(O)c1sccc1-c1ccc2c(c1)OCCCO2. The normalized spacial score (nSPS) is 13.9. The van der Waals surface area contributed by atoms with Crippen LogP contribution in [0, 0.1) is 0 Å². The summed E-state index contributed by atoms with van der Waals surface area (Å²) < 4.78 is 11.2. The lowest BCUT2D eigenvalue weighted by Gasteiger charge is -2.09. The topological polar surface area (TPSA) is 55.8 Å². The van der Waals surface area contributed by atoms with Gasteiger partial charge in [0.05, 0.1) is 13.2 Å². The number of carbonyl (C=O) groups is 1. The number of aromatic carboxylic acids is 1. The van der Waals surface area contributed by atoms with Gasteiger partial charge in [0, 0.05) is 12.0 Å². The van der Waals surface area contributed by atoms with E-state index in [4.69, 9.17) is 14.6 Å². The van der Waals surface area contributed by atoms with Gasteiger partial charge in [-0.15, -0.1) is 11.3 Å². The summed E-state index contributed by atoms with van der Waals surface area (Å²) in [6, 6.07) is 7.35. The molecule has 1 N–H and O–H groups in total. The van der Waals surface area contributed by atoms with E-state index in [1.807, 2.05) is 24.3 Å². The molecule has 5 heteroatoms. The van der Waals surface area contributed by atoms with Crippen molar-refractivity contribution in [2.24, 2.45) is 0 Å². The average molecular weight is 276 g/mol. The second-order valence-corrected chi connectivity index (χ2v) is 5.10. The fourth-order valence-corrected chi connectivity index (χ4v) is 2.79. The van der Waals surface area contributed by atoms with Crippen LogP contribution in [0.15, 0.2) is 29.6 Å². The largest absolute Gasteiger partial charge is 0.490 e. The van der Waals surface area contributed by atoms with Crippen molar-refractivity contribution >= 4 is 17.3 Å². The Morgan fingerprint density at radius 2 is 1.95 bits per heavy atom. The van der Waals surface area contributed by atoms with Crippen LogP contribution < -0.4 is 9.47 Å². The van der Waals surface area contributed by atoms with Gasteiger partial charge in [0.15, 0.2) is 11.5 Å². The van der Waals surface area contributed by atoms with E-state index in [0.29, 0.717) is 35.2 Å². The number of benzene rings is 1. The van der Waals surface area contributed by atoms with Gasteiger partial charge in [0.2, 0.25) is 0 Å². The van der Waals surface area contributed by atoms with Crippen molar-refractivity contribution in [2.75, 3.05) is 13.2 Å². The molecule has 3 rings (SSSR count). The highest BCUT2D eigenvalue weighted by Crippen LogP contribution is 2.36. The van der Waals surface area contributed by atoms with Crippen LogP contribution >= 0.6 is 11.3 Å². The number of carboxylic acids is 1. The molecular weight excluding hydrogens is 264 g/mol. The van der Waals surface area contributed by atoms with Crippen molar-refractivity contribution in [2.45, 2.75) is 6.42 Å². The van der Waals surface area contributed by atoms with E-state index in [9.17, 15) is 4.79 Å². The van der Waals surface area contributed by atoms with Gasteiger partial charge in [-0.05, 0) is 29.1 Å². The minimum atomic E-state index is -0.905. The monoisotopic (exact) mass is 276 g/mol. The number of carboxylic acid groups (broad SMARTS) is 1. The van der Waals surface area contributed by atoms with Crippen molar-refractivity contribution in [3.8, 4) is 22.6 Å². The highest BCUT2D eigenvalue weighted by Gasteiger charge is 2.16. The van der Waals surface area contributed by atoms with Crippen LogP contribution in [0.3, 0.4) is 0 Å². The van der Waals surface area contributed by atoms with E-state index in [1.165, 1.54) is 11.3 Å². The molecule has 4 nitrogen and oxygen atoms in total. The maximum atomic E-state index is 11.2. The summed E-state index contributed by atoms with van der Waals surface area (Å²) >= 11 is 1.22. The summed E-state index contributed by atoms with van der Waals surface area (Å²) in [5.41, 5.74) is 1.55. The molecule has 0 bridgehead atoms. The lowest BCUT2D eigenvalue weighted by Crippen LogP contribution is -1.97. The molecule has 1 aromatic carbocycles. The second-order valence-electron chi connectivity index (χ2n) is 4.18. The highest BCUT2D eigenvalue weighted by molar-refractivity contribution is 7.12. The first-order valence-corrected chi connectivity index (χ1v) is 6.84. The average Bonchev–Trinajstić information content (AvgIpc) is 2.78.